The average molecular weight is 711 g/mol. The zero-order valence-electron chi connectivity index (χ0n) is 6.02. The van der Waals surface area contributed by atoms with Crippen molar-refractivity contribution in [2.45, 2.75) is 6.47 Å². The van der Waals surface area contributed by atoms with Gasteiger partial charge in [0.1, 0.15) is 6.47 Å². The molecule has 0 aromatic heterocycles. The lowest BCUT2D eigenvalue weighted by molar-refractivity contribution is 0.990. The Morgan fingerprint density at radius 2 is 0.786 bits per heavy atom. The van der Waals surface area contributed by atoms with Gasteiger partial charge in [0.2, 0.25) is 0 Å². The molecule has 0 bridgehead atoms. The molecule has 0 saturated heterocycles. The molecule has 0 unspecified atom stereocenters. The standard InChI is InChI=1S/C6Br8/c7-1-2(8)4(10)6(13,14)5(11,12)3(1)9. The number of alkyl halides is 4. The van der Waals surface area contributed by atoms with Gasteiger partial charge in [-0.3, -0.25) is 0 Å². The number of hydrogen-bond acceptors (Lipinski definition) is 0. The molecule has 0 aliphatic heterocycles. The first-order valence-corrected chi connectivity index (χ1v) is 9.36. The van der Waals surface area contributed by atoms with Gasteiger partial charge in [0.05, 0.1) is 0 Å². The second-order valence-corrected chi connectivity index (χ2v) is 12.5. The lowest BCUT2D eigenvalue weighted by atomic mass is 10.2. The van der Waals surface area contributed by atoms with Crippen molar-refractivity contribution in [1.82, 2.24) is 0 Å². The van der Waals surface area contributed by atoms with Crippen LogP contribution in [-0.4, -0.2) is 6.47 Å². The SMILES string of the molecule is BrC1=C(Br)C(Br)(Br)C(Br)(Br)C(Br)=C1Br. The lowest BCUT2D eigenvalue weighted by Gasteiger charge is -2.38. The second-order valence-electron chi connectivity index (χ2n) is 2.40. The van der Waals surface area contributed by atoms with Crippen LogP contribution in [0.2, 0.25) is 0 Å². The molecule has 0 nitrogen and oxygen atoms in total. The molecule has 0 atom stereocenters. The highest BCUT2D eigenvalue weighted by molar-refractivity contribution is 9.32. The van der Waals surface area contributed by atoms with Crippen LogP contribution in [0.4, 0.5) is 0 Å². The average Bonchev–Trinajstić information content (AvgIpc) is 2.10. The Morgan fingerprint density at radius 1 is 0.571 bits per heavy atom. The Morgan fingerprint density at radius 3 is 1.00 bits per heavy atom. The molecule has 0 spiro atoms. The fourth-order valence-corrected chi connectivity index (χ4v) is 6.97. The summed E-state index contributed by atoms with van der Waals surface area (Å²) in [5.41, 5.74) is 0. The summed E-state index contributed by atoms with van der Waals surface area (Å²) in [7, 11) is 0. The molecular formula is C6Br8. The quantitative estimate of drug-likeness (QED) is 0.238. The van der Waals surface area contributed by atoms with Gasteiger partial charge in [0.25, 0.3) is 0 Å². The predicted octanol–water partition coefficient (Wildman–Crippen LogP) is 6.98. The minimum Gasteiger partial charge on any atom is -0.0638 e. The van der Waals surface area contributed by atoms with Gasteiger partial charge in [-0.05, 0) is 31.9 Å². The van der Waals surface area contributed by atoms with E-state index in [0.717, 1.165) is 17.9 Å². The van der Waals surface area contributed by atoms with Gasteiger partial charge in [-0.15, -0.1) is 0 Å². The first kappa shape index (κ1) is 15.4. The summed E-state index contributed by atoms with van der Waals surface area (Å²) in [5, 5.41) is 0. The van der Waals surface area contributed by atoms with Gasteiger partial charge in [-0.2, -0.15) is 0 Å². The summed E-state index contributed by atoms with van der Waals surface area (Å²) in [6.07, 6.45) is 0. The summed E-state index contributed by atoms with van der Waals surface area (Å²) in [6.45, 7) is 0. The molecule has 1 aliphatic rings. The fraction of sp³-hybridized carbons (Fsp3) is 0.333. The summed E-state index contributed by atoms with van der Waals surface area (Å²) < 4.78 is 2.81. The van der Waals surface area contributed by atoms with Crippen LogP contribution >= 0.6 is 127 Å². The molecule has 0 saturated carbocycles. The molecule has 80 valence electrons. The van der Waals surface area contributed by atoms with Crippen molar-refractivity contribution in [1.29, 1.82) is 0 Å². The highest BCUT2D eigenvalue weighted by atomic mass is 79.9. The number of allylic oxidation sites excluding steroid dienone is 4. The van der Waals surface area contributed by atoms with Crippen LogP contribution in [0.3, 0.4) is 0 Å². The maximum Gasteiger partial charge on any atom is 0.142 e. The van der Waals surface area contributed by atoms with Gasteiger partial charge in [-0.25, -0.2) is 0 Å². The molecule has 1 rings (SSSR count). The van der Waals surface area contributed by atoms with Crippen LogP contribution in [-0.2, 0) is 0 Å². The molecule has 1 aliphatic carbocycles. The summed E-state index contributed by atoms with van der Waals surface area (Å²) in [6, 6.07) is 0. The minimum absolute atomic E-state index is 0.470. The van der Waals surface area contributed by atoms with E-state index in [-0.39, 0.29) is 0 Å². The van der Waals surface area contributed by atoms with Crippen molar-refractivity contribution < 1.29 is 0 Å². The van der Waals surface area contributed by atoms with E-state index in [1.54, 1.807) is 0 Å². The highest BCUT2D eigenvalue weighted by Crippen LogP contribution is 2.65. The molecule has 0 aromatic rings. The van der Waals surface area contributed by atoms with Crippen molar-refractivity contribution >= 4 is 127 Å². The van der Waals surface area contributed by atoms with Crippen LogP contribution < -0.4 is 0 Å². The maximum absolute atomic E-state index is 3.59. The van der Waals surface area contributed by atoms with Gasteiger partial charge >= 0.3 is 0 Å². The molecule has 14 heavy (non-hydrogen) atoms. The summed E-state index contributed by atoms with van der Waals surface area (Å²) in [4.78, 5) is 0. The second kappa shape index (κ2) is 5.13. The van der Waals surface area contributed by atoms with Crippen molar-refractivity contribution in [3.8, 4) is 0 Å². The molecular weight excluding hydrogens is 711 g/mol. The Kier molecular flexibility index (Phi) is 5.64. The van der Waals surface area contributed by atoms with E-state index >= 15 is 0 Å². The van der Waals surface area contributed by atoms with Crippen LogP contribution in [0.25, 0.3) is 0 Å². The van der Waals surface area contributed by atoms with E-state index in [4.69, 9.17) is 0 Å². The minimum atomic E-state index is -0.470. The van der Waals surface area contributed by atoms with Gasteiger partial charge < -0.3 is 0 Å². The van der Waals surface area contributed by atoms with Crippen molar-refractivity contribution in [3.05, 3.63) is 17.9 Å². The monoisotopic (exact) mass is 703 g/mol. The normalized spacial score (nSPS) is 25.7. The van der Waals surface area contributed by atoms with E-state index in [1.165, 1.54) is 0 Å². The van der Waals surface area contributed by atoms with Gasteiger partial charge in [-0.1, -0.05) is 95.6 Å². The predicted molar refractivity (Wildman–Crippen MR) is 90.9 cm³/mol. The van der Waals surface area contributed by atoms with Crippen LogP contribution in [0.15, 0.2) is 17.9 Å². The van der Waals surface area contributed by atoms with Crippen LogP contribution in [0, 0.1) is 0 Å². The van der Waals surface area contributed by atoms with Gasteiger partial charge in [0.15, 0.2) is 0 Å². The zero-order valence-corrected chi connectivity index (χ0v) is 18.7. The number of rotatable bonds is 0. The Balaban J connectivity index is 3.48. The fourth-order valence-electron chi connectivity index (χ4n) is 0.744. The Labute approximate surface area is 149 Å². The van der Waals surface area contributed by atoms with Crippen molar-refractivity contribution in [3.63, 3.8) is 0 Å². The maximum atomic E-state index is 3.59. The molecule has 0 amide bonds. The Bertz CT molecular complexity index is 302. The topological polar surface area (TPSA) is 0 Å². The smallest absolute Gasteiger partial charge is 0.0638 e. The van der Waals surface area contributed by atoms with Crippen molar-refractivity contribution in [2.24, 2.45) is 0 Å². The van der Waals surface area contributed by atoms with E-state index < -0.39 is 6.47 Å². The highest BCUT2D eigenvalue weighted by Gasteiger charge is 2.53. The number of halogens is 8. The first-order valence-electron chi connectivity index (χ1n) is 3.01. The Hall–Kier alpha value is 3.32. The lowest BCUT2D eigenvalue weighted by Crippen LogP contribution is -2.38. The third kappa shape index (κ3) is 2.38. The van der Waals surface area contributed by atoms with E-state index in [9.17, 15) is 0 Å². The first-order chi connectivity index (χ1) is 6.14. The number of hydrogen-bond donors (Lipinski definition) is 0. The molecule has 0 aromatic carbocycles. The summed E-state index contributed by atoms with van der Waals surface area (Å²) in [5.74, 6) is 0. The van der Waals surface area contributed by atoms with Crippen LogP contribution in [0.1, 0.15) is 0 Å². The molecule has 8 heteroatoms. The molecule has 0 fully saturated rings. The largest absolute Gasteiger partial charge is 0.142 e. The van der Waals surface area contributed by atoms with E-state index in [1.807, 2.05) is 0 Å². The van der Waals surface area contributed by atoms with Gasteiger partial charge in [0, 0.05) is 17.9 Å². The zero-order chi connectivity index (χ0) is 11.3. The third-order valence-corrected chi connectivity index (χ3v) is 14.9. The van der Waals surface area contributed by atoms with E-state index in [0.29, 0.717) is 0 Å². The van der Waals surface area contributed by atoms with Crippen molar-refractivity contribution in [2.75, 3.05) is 0 Å². The third-order valence-electron chi connectivity index (χ3n) is 1.52. The summed E-state index contributed by atoms with van der Waals surface area (Å²) >= 11 is 28.4. The van der Waals surface area contributed by atoms with Crippen LogP contribution in [0.5, 0.6) is 0 Å². The molecule has 0 N–H and O–H groups in total. The van der Waals surface area contributed by atoms with E-state index in [2.05, 4.69) is 127 Å². The molecule has 0 radical (unpaired) electrons. The molecule has 0 heterocycles.